The molecule has 6 heteroatoms. The molecular weight excluding hydrogens is 416 g/mol. The number of nitrogens with zero attached hydrogens (tertiary/aromatic N) is 2. The van der Waals surface area contributed by atoms with Crippen LogP contribution in [0.25, 0.3) is 0 Å². The van der Waals surface area contributed by atoms with E-state index in [1.807, 2.05) is 41.3 Å². The lowest BCUT2D eigenvalue weighted by atomic mass is 9.93. The summed E-state index contributed by atoms with van der Waals surface area (Å²) in [6.45, 7) is 3.88. The van der Waals surface area contributed by atoms with Gasteiger partial charge in [0.1, 0.15) is 18.1 Å². The van der Waals surface area contributed by atoms with E-state index in [0.29, 0.717) is 17.9 Å². The summed E-state index contributed by atoms with van der Waals surface area (Å²) in [5, 5.41) is 0. The second kappa shape index (κ2) is 11.5. The number of amides is 1. The Labute approximate surface area is 197 Å². The molecule has 2 atom stereocenters. The summed E-state index contributed by atoms with van der Waals surface area (Å²) in [4.78, 5) is 18.0. The molecule has 0 N–H and O–H groups in total. The molecule has 0 bridgehead atoms. The average Bonchev–Trinajstić information content (AvgIpc) is 2.87. The van der Waals surface area contributed by atoms with Gasteiger partial charge in [0.05, 0.1) is 24.8 Å². The van der Waals surface area contributed by atoms with Gasteiger partial charge >= 0.3 is 0 Å². The van der Waals surface area contributed by atoms with E-state index < -0.39 is 0 Å². The predicted molar refractivity (Wildman–Crippen MR) is 129 cm³/mol. The van der Waals surface area contributed by atoms with Crippen molar-refractivity contribution in [2.45, 2.75) is 50.8 Å². The van der Waals surface area contributed by atoms with Gasteiger partial charge in [-0.3, -0.25) is 9.69 Å². The Bertz CT molecular complexity index is 918. The van der Waals surface area contributed by atoms with Gasteiger partial charge in [0.2, 0.25) is 0 Å². The number of piperidine rings is 1. The van der Waals surface area contributed by atoms with Crippen LogP contribution in [0.15, 0.2) is 48.5 Å². The number of carbonyl (C=O) groups excluding carboxylic acids is 1. The first kappa shape index (κ1) is 23.6. The molecule has 2 heterocycles. The molecule has 1 amide bonds. The molecule has 0 unspecified atom stereocenters. The van der Waals surface area contributed by atoms with Crippen LogP contribution in [0.2, 0.25) is 0 Å². The number of fused-ring (bicyclic) bond motifs is 2. The second-order valence-corrected chi connectivity index (χ2v) is 8.91. The number of rotatable bonds is 4. The normalized spacial score (nSPS) is 22.7. The van der Waals surface area contributed by atoms with Gasteiger partial charge in [-0.2, -0.15) is 0 Å². The third-order valence-corrected chi connectivity index (χ3v) is 6.87. The zero-order chi connectivity index (χ0) is 23.0. The van der Waals surface area contributed by atoms with E-state index >= 15 is 0 Å². The number of hydrogen-bond acceptors (Lipinski definition) is 5. The maximum atomic E-state index is 13.6. The molecule has 1 saturated heterocycles. The van der Waals surface area contributed by atoms with Crippen LogP contribution in [0.5, 0.6) is 11.5 Å². The maximum Gasteiger partial charge on any atom is 0.257 e. The van der Waals surface area contributed by atoms with E-state index in [1.165, 1.54) is 5.56 Å². The summed E-state index contributed by atoms with van der Waals surface area (Å²) in [5.74, 6) is 1.64. The first-order valence-electron chi connectivity index (χ1n) is 12.1. The van der Waals surface area contributed by atoms with Crippen LogP contribution in [-0.2, 0) is 11.3 Å². The van der Waals surface area contributed by atoms with Crippen LogP contribution in [0.1, 0.15) is 48.0 Å². The molecule has 2 aliphatic rings. The summed E-state index contributed by atoms with van der Waals surface area (Å²) in [7, 11) is 3.49. The fourth-order valence-corrected chi connectivity index (χ4v) is 5.13. The second-order valence-electron chi connectivity index (χ2n) is 8.91. The molecule has 2 aromatic rings. The molecule has 2 aromatic carbocycles. The summed E-state index contributed by atoms with van der Waals surface area (Å²) >= 11 is 0. The fraction of sp³-hybridized carbons (Fsp3) is 0.519. The van der Waals surface area contributed by atoms with Crippen molar-refractivity contribution in [1.82, 2.24) is 9.80 Å². The first-order chi connectivity index (χ1) is 16.2. The highest BCUT2D eigenvalue weighted by Crippen LogP contribution is 2.29. The van der Waals surface area contributed by atoms with Gasteiger partial charge < -0.3 is 19.1 Å². The van der Waals surface area contributed by atoms with Crippen molar-refractivity contribution in [2.24, 2.45) is 0 Å². The van der Waals surface area contributed by atoms with Crippen molar-refractivity contribution in [3.8, 4) is 11.5 Å². The van der Waals surface area contributed by atoms with E-state index in [0.717, 1.165) is 64.0 Å². The largest absolute Gasteiger partial charge is 0.496 e. The van der Waals surface area contributed by atoms with Gasteiger partial charge in [-0.1, -0.05) is 36.8 Å². The van der Waals surface area contributed by atoms with Gasteiger partial charge in [0.25, 0.3) is 5.91 Å². The minimum absolute atomic E-state index is 0.0578. The van der Waals surface area contributed by atoms with Crippen LogP contribution in [-0.4, -0.2) is 68.3 Å². The Hall–Kier alpha value is -2.57. The Morgan fingerprint density at radius 1 is 0.939 bits per heavy atom. The van der Waals surface area contributed by atoms with Crippen molar-refractivity contribution < 1.29 is 19.0 Å². The lowest BCUT2D eigenvalue weighted by Crippen LogP contribution is -2.51. The predicted octanol–water partition coefficient (Wildman–Crippen LogP) is 4.38. The SMILES string of the molecule is COc1ccccc1CN1CCCC[C@@H]2[C@H](OC)CCCN2C(=O)c2ccccc2OCC1. The van der Waals surface area contributed by atoms with Crippen molar-refractivity contribution >= 4 is 5.91 Å². The minimum atomic E-state index is 0.0578. The third kappa shape index (κ3) is 5.68. The molecule has 1 fully saturated rings. The van der Waals surface area contributed by atoms with Gasteiger partial charge in [0, 0.05) is 32.3 Å². The Morgan fingerprint density at radius 2 is 1.76 bits per heavy atom. The number of methoxy groups -OCH3 is 2. The van der Waals surface area contributed by atoms with E-state index in [9.17, 15) is 4.79 Å². The number of ether oxygens (including phenoxy) is 3. The van der Waals surface area contributed by atoms with Gasteiger partial charge in [0.15, 0.2) is 0 Å². The zero-order valence-corrected chi connectivity index (χ0v) is 19.9. The molecule has 4 rings (SSSR count). The Morgan fingerprint density at radius 3 is 2.61 bits per heavy atom. The van der Waals surface area contributed by atoms with E-state index in [4.69, 9.17) is 14.2 Å². The average molecular weight is 453 g/mol. The van der Waals surface area contributed by atoms with Crippen LogP contribution < -0.4 is 9.47 Å². The zero-order valence-electron chi connectivity index (χ0n) is 19.9. The van der Waals surface area contributed by atoms with E-state index in [-0.39, 0.29) is 18.1 Å². The van der Waals surface area contributed by atoms with Gasteiger partial charge in [-0.15, -0.1) is 0 Å². The summed E-state index contributed by atoms with van der Waals surface area (Å²) in [6.07, 6.45) is 5.14. The Balaban J connectivity index is 1.56. The minimum Gasteiger partial charge on any atom is -0.496 e. The van der Waals surface area contributed by atoms with Crippen molar-refractivity contribution in [2.75, 3.05) is 40.5 Å². The molecule has 0 radical (unpaired) electrons. The molecule has 0 saturated carbocycles. The topological polar surface area (TPSA) is 51.2 Å². The molecule has 0 aromatic heterocycles. The van der Waals surface area contributed by atoms with Gasteiger partial charge in [-0.25, -0.2) is 0 Å². The van der Waals surface area contributed by atoms with Crippen molar-refractivity contribution in [3.63, 3.8) is 0 Å². The number of hydrogen-bond donors (Lipinski definition) is 0. The highest BCUT2D eigenvalue weighted by molar-refractivity contribution is 5.97. The van der Waals surface area contributed by atoms with E-state index in [2.05, 4.69) is 17.0 Å². The highest BCUT2D eigenvalue weighted by Gasteiger charge is 2.35. The van der Waals surface area contributed by atoms with Crippen LogP contribution >= 0.6 is 0 Å². The first-order valence-corrected chi connectivity index (χ1v) is 12.1. The standard InChI is InChI=1S/C27H36N2O4/c1-31-24-13-5-3-10-21(24)20-28-16-8-7-12-23-26(32-2)15-9-17-29(23)27(30)22-11-4-6-14-25(22)33-19-18-28/h3-6,10-11,13-14,23,26H,7-9,12,15-20H2,1-2H3/t23-,26-/m1/s1. The lowest BCUT2D eigenvalue weighted by molar-refractivity contribution is -0.0155. The summed E-state index contributed by atoms with van der Waals surface area (Å²) < 4.78 is 17.6. The number of benzene rings is 2. The van der Waals surface area contributed by atoms with E-state index in [1.54, 1.807) is 14.2 Å². The lowest BCUT2D eigenvalue weighted by Gasteiger charge is -2.41. The van der Waals surface area contributed by atoms with Crippen LogP contribution in [0, 0.1) is 0 Å². The van der Waals surface area contributed by atoms with Crippen LogP contribution in [0.4, 0.5) is 0 Å². The fourth-order valence-electron chi connectivity index (χ4n) is 5.13. The van der Waals surface area contributed by atoms with Crippen LogP contribution in [0.3, 0.4) is 0 Å². The molecule has 178 valence electrons. The molecule has 2 aliphatic heterocycles. The molecular formula is C27H36N2O4. The van der Waals surface area contributed by atoms with Gasteiger partial charge in [-0.05, 0) is 50.4 Å². The smallest absolute Gasteiger partial charge is 0.257 e. The van der Waals surface area contributed by atoms with Crippen molar-refractivity contribution in [1.29, 1.82) is 0 Å². The molecule has 0 aliphatic carbocycles. The van der Waals surface area contributed by atoms with Crippen molar-refractivity contribution in [3.05, 3.63) is 59.7 Å². The number of para-hydroxylation sites is 2. The summed E-state index contributed by atoms with van der Waals surface area (Å²) in [6, 6.07) is 15.9. The Kier molecular flexibility index (Phi) is 8.24. The third-order valence-electron chi connectivity index (χ3n) is 6.87. The summed E-state index contributed by atoms with van der Waals surface area (Å²) in [5.41, 5.74) is 1.83. The quantitative estimate of drug-likeness (QED) is 0.689. The maximum absolute atomic E-state index is 13.6. The molecule has 6 nitrogen and oxygen atoms in total. The molecule has 0 spiro atoms. The number of carbonyl (C=O) groups is 1. The molecule has 33 heavy (non-hydrogen) atoms. The highest BCUT2D eigenvalue weighted by atomic mass is 16.5. The monoisotopic (exact) mass is 452 g/mol.